The van der Waals surface area contributed by atoms with E-state index in [9.17, 15) is 4.79 Å². The lowest BCUT2D eigenvalue weighted by molar-refractivity contribution is -0.116. The number of halogens is 1. The van der Waals surface area contributed by atoms with Crippen molar-refractivity contribution in [3.05, 3.63) is 82.2 Å². The summed E-state index contributed by atoms with van der Waals surface area (Å²) in [5, 5.41) is 4.85. The molecule has 0 unspecified atom stereocenters. The van der Waals surface area contributed by atoms with Gasteiger partial charge in [0, 0.05) is 20.3 Å². The predicted octanol–water partition coefficient (Wildman–Crippen LogP) is 5.23. The molecule has 0 atom stereocenters. The largest absolute Gasteiger partial charge is 0.321 e. The minimum atomic E-state index is -0.176. The molecule has 2 nitrogen and oxygen atoms in total. The van der Waals surface area contributed by atoms with Crippen LogP contribution in [0.1, 0.15) is 12.5 Å². The fourth-order valence-electron chi connectivity index (χ4n) is 1.68. The highest BCUT2D eigenvalue weighted by atomic mass is 79.9. The Hall–Kier alpha value is -1.78. The van der Waals surface area contributed by atoms with Gasteiger partial charge in [0.2, 0.25) is 0 Å². The molecular formula is C18H16BrNOS. The second-order valence-electron chi connectivity index (χ2n) is 4.71. The van der Waals surface area contributed by atoms with Crippen molar-refractivity contribution in [3.63, 3.8) is 0 Å². The molecule has 0 aliphatic heterocycles. The Kier molecular flexibility index (Phi) is 6.04. The number of rotatable bonds is 5. The van der Waals surface area contributed by atoms with Crippen LogP contribution >= 0.6 is 27.7 Å². The zero-order valence-electron chi connectivity index (χ0n) is 12.2. The average molecular weight is 374 g/mol. The van der Waals surface area contributed by atoms with Gasteiger partial charge < -0.3 is 5.32 Å². The summed E-state index contributed by atoms with van der Waals surface area (Å²) in [5.41, 5.74) is 2.20. The van der Waals surface area contributed by atoms with Crippen LogP contribution in [-0.2, 0) is 4.79 Å². The van der Waals surface area contributed by atoms with E-state index in [1.54, 1.807) is 18.7 Å². The summed E-state index contributed by atoms with van der Waals surface area (Å²) in [7, 11) is 0. The number of carbonyl (C=O) groups excluding carboxylic acids is 1. The lowest BCUT2D eigenvalue weighted by Crippen LogP contribution is -2.22. The summed E-state index contributed by atoms with van der Waals surface area (Å²) in [4.78, 5) is 13.0. The Bertz CT molecular complexity index is 710. The molecule has 2 aromatic rings. The number of benzene rings is 2. The van der Waals surface area contributed by atoms with E-state index < -0.39 is 0 Å². The molecule has 112 valence electrons. The fraction of sp³-hybridized carbons (Fsp3) is 0.0556. The Balaban J connectivity index is 2.25. The smallest absolute Gasteiger partial charge is 0.250 e. The number of nitrogens with one attached hydrogen (secondary N) is 1. The van der Waals surface area contributed by atoms with Crippen LogP contribution in [0.4, 0.5) is 0 Å². The summed E-state index contributed by atoms with van der Waals surface area (Å²) < 4.78 is 1.03. The monoisotopic (exact) mass is 373 g/mol. The van der Waals surface area contributed by atoms with Crippen LogP contribution in [0.5, 0.6) is 0 Å². The minimum Gasteiger partial charge on any atom is -0.321 e. The van der Waals surface area contributed by atoms with Crippen LogP contribution in [0.25, 0.3) is 5.70 Å². The van der Waals surface area contributed by atoms with E-state index in [1.165, 1.54) is 0 Å². The molecule has 1 N–H and O–H groups in total. The molecule has 0 aliphatic rings. The first kappa shape index (κ1) is 16.6. The van der Waals surface area contributed by atoms with Crippen LogP contribution in [0, 0.1) is 0 Å². The SMILES string of the molecule is C=C(C)C(=O)N/C(=C\Sc1cccc(Br)c1)c1ccccc1. The van der Waals surface area contributed by atoms with Crippen molar-refractivity contribution in [1.82, 2.24) is 5.32 Å². The van der Waals surface area contributed by atoms with Crippen molar-refractivity contribution in [2.24, 2.45) is 0 Å². The van der Waals surface area contributed by atoms with Gasteiger partial charge in [-0.05, 0) is 30.7 Å². The van der Waals surface area contributed by atoms with Gasteiger partial charge in [-0.25, -0.2) is 0 Å². The molecule has 0 saturated heterocycles. The third kappa shape index (κ3) is 4.90. The molecule has 0 saturated carbocycles. The van der Waals surface area contributed by atoms with Crippen LogP contribution in [0.3, 0.4) is 0 Å². The highest BCUT2D eigenvalue weighted by molar-refractivity contribution is 9.10. The molecule has 0 aliphatic carbocycles. The van der Waals surface area contributed by atoms with Gasteiger partial charge in [-0.3, -0.25) is 4.79 Å². The van der Waals surface area contributed by atoms with Crippen molar-refractivity contribution in [3.8, 4) is 0 Å². The summed E-state index contributed by atoms with van der Waals surface area (Å²) in [6.45, 7) is 5.37. The standard InChI is InChI=1S/C18H16BrNOS/c1-13(2)18(21)20-17(14-7-4-3-5-8-14)12-22-16-10-6-9-15(19)11-16/h3-12H,1H2,2H3,(H,20,21)/b17-12-. The van der Waals surface area contributed by atoms with E-state index in [0.29, 0.717) is 5.57 Å². The highest BCUT2D eigenvalue weighted by Gasteiger charge is 2.07. The Labute approximate surface area is 143 Å². The van der Waals surface area contributed by atoms with E-state index in [-0.39, 0.29) is 5.91 Å². The molecule has 22 heavy (non-hydrogen) atoms. The molecule has 2 rings (SSSR count). The summed E-state index contributed by atoms with van der Waals surface area (Å²) in [6, 6.07) is 17.8. The first-order valence-electron chi connectivity index (χ1n) is 6.71. The predicted molar refractivity (Wildman–Crippen MR) is 97.4 cm³/mol. The summed E-state index contributed by atoms with van der Waals surface area (Å²) in [5.74, 6) is -0.176. The van der Waals surface area contributed by atoms with E-state index in [1.807, 2.05) is 60.0 Å². The third-order valence-electron chi connectivity index (χ3n) is 2.83. The molecule has 1 amide bonds. The van der Waals surface area contributed by atoms with Gasteiger partial charge in [0.05, 0.1) is 5.70 Å². The van der Waals surface area contributed by atoms with Crippen LogP contribution < -0.4 is 5.32 Å². The zero-order valence-corrected chi connectivity index (χ0v) is 14.6. The molecule has 0 aromatic heterocycles. The van der Waals surface area contributed by atoms with Crippen molar-refractivity contribution < 1.29 is 4.79 Å². The van der Waals surface area contributed by atoms with Gasteiger partial charge in [-0.15, -0.1) is 0 Å². The van der Waals surface area contributed by atoms with Gasteiger partial charge in [-0.1, -0.05) is 70.7 Å². The summed E-state index contributed by atoms with van der Waals surface area (Å²) in [6.07, 6.45) is 0. The average Bonchev–Trinajstić information content (AvgIpc) is 2.52. The Morgan fingerprint density at radius 3 is 2.55 bits per heavy atom. The topological polar surface area (TPSA) is 29.1 Å². The summed E-state index contributed by atoms with van der Waals surface area (Å²) >= 11 is 5.01. The number of thioether (sulfide) groups is 1. The molecular weight excluding hydrogens is 358 g/mol. The number of hydrogen-bond acceptors (Lipinski definition) is 2. The molecule has 2 aromatic carbocycles. The Morgan fingerprint density at radius 2 is 1.91 bits per heavy atom. The van der Waals surface area contributed by atoms with Gasteiger partial charge in [-0.2, -0.15) is 0 Å². The number of carbonyl (C=O) groups is 1. The molecule has 0 radical (unpaired) electrons. The maximum absolute atomic E-state index is 11.9. The first-order chi connectivity index (χ1) is 10.6. The molecule has 4 heteroatoms. The quantitative estimate of drug-likeness (QED) is 0.573. The highest BCUT2D eigenvalue weighted by Crippen LogP contribution is 2.26. The lowest BCUT2D eigenvalue weighted by Gasteiger charge is -2.10. The second-order valence-corrected chi connectivity index (χ2v) is 6.57. The van der Waals surface area contributed by atoms with E-state index >= 15 is 0 Å². The first-order valence-corrected chi connectivity index (χ1v) is 8.38. The van der Waals surface area contributed by atoms with Gasteiger partial charge in [0.15, 0.2) is 0 Å². The van der Waals surface area contributed by atoms with Gasteiger partial charge >= 0.3 is 0 Å². The molecule has 0 spiro atoms. The number of amides is 1. The van der Waals surface area contributed by atoms with Crippen molar-refractivity contribution >= 4 is 39.3 Å². The van der Waals surface area contributed by atoms with Gasteiger partial charge in [0.25, 0.3) is 5.91 Å². The van der Waals surface area contributed by atoms with E-state index in [0.717, 1.165) is 20.6 Å². The normalized spacial score (nSPS) is 11.1. The van der Waals surface area contributed by atoms with Gasteiger partial charge in [0.1, 0.15) is 0 Å². The lowest BCUT2D eigenvalue weighted by atomic mass is 10.1. The van der Waals surface area contributed by atoms with Crippen molar-refractivity contribution in [1.29, 1.82) is 0 Å². The van der Waals surface area contributed by atoms with Crippen LogP contribution in [0.2, 0.25) is 0 Å². The molecule has 0 bridgehead atoms. The van der Waals surface area contributed by atoms with Crippen LogP contribution in [0.15, 0.2) is 81.5 Å². The maximum Gasteiger partial charge on any atom is 0.250 e. The van der Waals surface area contributed by atoms with Crippen molar-refractivity contribution in [2.75, 3.05) is 0 Å². The van der Waals surface area contributed by atoms with Crippen LogP contribution in [-0.4, -0.2) is 5.91 Å². The zero-order chi connectivity index (χ0) is 15.9. The van der Waals surface area contributed by atoms with Crippen molar-refractivity contribution in [2.45, 2.75) is 11.8 Å². The molecule has 0 heterocycles. The number of hydrogen-bond donors (Lipinski definition) is 1. The fourth-order valence-corrected chi connectivity index (χ4v) is 3.04. The van der Waals surface area contributed by atoms with E-state index in [2.05, 4.69) is 27.8 Å². The maximum atomic E-state index is 11.9. The third-order valence-corrected chi connectivity index (χ3v) is 4.20. The minimum absolute atomic E-state index is 0.176. The second kappa shape index (κ2) is 8.01. The molecule has 0 fully saturated rings. The Morgan fingerprint density at radius 1 is 1.18 bits per heavy atom. The van der Waals surface area contributed by atoms with E-state index in [4.69, 9.17) is 0 Å².